The molecule has 120 valence electrons. The van der Waals surface area contributed by atoms with Gasteiger partial charge in [0.25, 0.3) is 0 Å². The van der Waals surface area contributed by atoms with Gasteiger partial charge in [0, 0.05) is 5.57 Å². The third-order valence-corrected chi connectivity index (χ3v) is 7.87. The minimum absolute atomic E-state index is 0.225. The van der Waals surface area contributed by atoms with Crippen molar-refractivity contribution >= 4 is 5.91 Å². The van der Waals surface area contributed by atoms with Gasteiger partial charge in [0.2, 0.25) is 5.91 Å². The van der Waals surface area contributed by atoms with E-state index in [1.165, 1.54) is 44.1 Å². The number of primary amides is 1. The summed E-state index contributed by atoms with van der Waals surface area (Å²) < 4.78 is 0. The summed E-state index contributed by atoms with van der Waals surface area (Å²) >= 11 is 0. The van der Waals surface area contributed by atoms with Crippen molar-refractivity contribution in [1.82, 2.24) is 0 Å². The molecule has 0 aromatic carbocycles. The van der Waals surface area contributed by atoms with Crippen LogP contribution in [0.2, 0.25) is 0 Å². The van der Waals surface area contributed by atoms with Crippen molar-refractivity contribution in [2.45, 2.75) is 65.2 Å². The van der Waals surface area contributed by atoms with Crippen molar-refractivity contribution in [3.8, 4) is 0 Å². The fourth-order valence-electron chi connectivity index (χ4n) is 6.51. The van der Waals surface area contributed by atoms with Gasteiger partial charge >= 0.3 is 0 Å². The first-order valence-corrected chi connectivity index (χ1v) is 9.15. The summed E-state index contributed by atoms with van der Waals surface area (Å²) in [5, 5.41) is 0. The average Bonchev–Trinajstić information content (AvgIpc) is 2.88. The molecule has 1 amide bonds. The molecule has 2 heteroatoms. The van der Waals surface area contributed by atoms with E-state index in [0.717, 1.165) is 36.2 Å². The van der Waals surface area contributed by atoms with Crippen molar-refractivity contribution in [3.05, 3.63) is 23.3 Å². The predicted octanol–water partition coefficient (Wildman–Crippen LogP) is 4.36. The lowest BCUT2D eigenvalue weighted by Gasteiger charge is -2.56. The minimum Gasteiger partial charge on any atom is -0.366 e. The third-order valence-electron chi connectivity index (χ3n) is 7.87. The average molecular weight is 299 g/mol. The summed E-state index contributed by atoms with van der Waals surface area (Å²) in [6.45, 7) is 5.01. The Morgan fingerprint density at radius 1 is 1.18 bits per heavy atom. The maximum absolute atomic E-state index is 11.5. The second-order valence-corrected chi connectivity index (χ2v) is 8.81. The van der Waals surface area contributed by atoms with E-state index in [4.69, 9.17) is 5.73 Å². The van der Waals surface area contributed by atoms with Crippen LogP contribution >= 0.6 is 0 Å². The van der Waals surface area contributed by atoms with Crippen molar-refractivity contribution in [2.24, 2.45) is 34.3 Å². The van der Waals surface area contributed by atoms with Gasteiger partial charge in [0.1, 0.15) is 0 Å². The van der Waals surface area contributed by atoms with Gasteiger partial charge in [-0.1, -0.05) is 32.4 Å². The molecule has 0 unspecified atom stereocenters. The molecule has 0 bridgehead atoms. The van der Waals surface area contributed by atoms with E-state index < -0.39 is 0 Å². The van der Waals surface area contributed by atoms with Crippen LogP contribution in [0.1, 0.15) is 65.2 Å². The SMILES string of the molecule is C[C@@]12CCC[C@H]1[C@@H]1CC=C3C=C(C(N)=O)CC[C@]3(C)[C@H]1CC2. The lowest BCUT2D eigenvalue weighted by atomic mass is 9.48. The van der Waals surface area contributed by atoms with Gasteiger partial charge in [-0.2, -0.15) is 0 Å². The van der Waals surface area contributed by atoms with Crippen LogP contribution in [0.4, 0.5) is 0 Å². The number of carbonyl (C=O) groups is 1. The van der Waals surface area contributed by atoms with Crippen LogP contribution < -0.4 is 5.73 Å². The zero-order valence-corrected chi connectivity index (χ0v) is 14.0. The number of allylic oxidation sites excluding steroid dienone is 3. The van der Waals surface area contributed by atoms with Crippen LogP contribution in [0.25, 0.3) is 0 Å². The Balaban J connectivity index is 1.70. The van der Waals surface area contributed by atoms with E-state index in [0.29, 0.717) is 5.41 Å². The summed E-state index contributed by atoms with van der Waals surface area (Å²) in [6, 6.07) is 0. The number of amides is 1. The monoisotopic (exact) mass is 299 g/mol. The number of hydrogen-bond acceptors (Lipinski definition) is 1. The molecular weight excluding hydrogens is 270 g/mol. The Morgan fingerprint density at radius 2 is 2.00 bits per heavy atom. The number of nitrogens with two attached hydrogens (primary N) is 1. The van der Waals surface area contributed by atoms with Crippen molar-refractivity contribution in [3.63, 3.8) is 0 Å². The Bertz CT molecular complexity index is 574. The molecule has 22 heavy (non-hydrogen) atoms. The Morgan fingerprint density at radius 3 is 2.77 bits per heavy atom. The van der Waals surface area contributed by atoms with E-state index in [9.17, 15) is 4.79 Å². The normalized spacial score (nSPS) is 46.9. The van der Waals surface area contributed by atoms with Gasteiger partial charge < -0.3 is 5.73 Å². The largest absolute Gasteiger partial charge is 0.366 e. The summed E-state index contributed by atoms with van der Waals surface area (Å²) in [5.74, 6) is 2.40. The third kappa shape index (κ3) is 1.88. The molecule has 0 heterocycles. The highest BCUT2D eigenvalue weighted by Gasteiger charge is 2.55. The molecule has 5 atom stereocenters. The molecule has 0 aliphatic heterocycles. The van der Waals surface area contributed by atoms with Crippen LogP contribution in [0.15, 0.2) is 23.3 Å². The molecule has 2 nitrogen and oxygen atoms in total. The Kier molecular flexibility index (Phi) is 3.12. The molecule has 2 fully saturated rings. The number of hydrogen-bond donors (Lipinski definition) is 1. The van der Waals surface area contributed by atoms with E-state index >= 15 is 0 Å². The lowest BCUT2D eigenvalue weighted by Crippen LogP contribution is -2.48. The summed E-state index contributed by atoms with van der Waals surface area (Å²) in [6.07, 6.45) is 14.9. The standard InChI is InChI=1S/C20H29NO/c1-19-9-3-4-16(19)15-6-5-14-12-13(18(21)22)7-11-20(14,2)17(15)8-10-19/h5,12,15-17H,3-4,6-11H2,1-2H3,(H2,21,22)/t15-,16-,17-,19-,20-/m0/s1. The molecule has 4 aliphatic rings. The van der Waals surface area contributed by atoms with E-state index in [2.05, 4.69) is 26.0 Å². The van der Waals surface area contributed by atoms with E-state index in [1.807, 2.05) is 0 Å². The quantitative estimate of drug-likeness (QED) is 0.768. The molecular formula is C20H29NO. The van der Waals surface area contributed by atoms with Crippen LogP contribution in [-0.4, -0.2) is 5.91 Å². The lowest BCUT2D eigenvalue weighted by molar-refractivity contribution is -0.114. The van der Waals surface area contributed by atoms with E-state index in [-0.39, 0.29) is 11.3 Å². The molecule has 0 spiro atoms. The van der Waals surface area contributed by atoms with Crippen LogP contribution in [0.5, 0.6) is 0 Å². The van der Waals surface area contributed by atoms with Crippen LogP contribution in [0, 0.1) is 28.6 Å². The van der Waals surface area contributed by atoms with Crippen LogP contribution in [-0.2, 0) is 4.79 Å². The van der Waals surface area contributed by atoms with Crippen molar-refractivity contribution < 1.29 is 4.79 Å². The van der Waals surface area contributed by atoms with Gasteiger partial charge in [-0.3, -0.25) is 4.79 Å². The molecule has 4 aliphatic carbocycles. The molecule has 4 rings (SSSR count). The predicted molar refractivity (Wildman–Crippen MR) is 89.0 cm³/mol. The molecule has 0 saturated heterocycles. The first kappa shape index (κ1) is 14.5. The zero-order chi connectivity index (χ0) is 15.5. The zero-order valence-electron chi connectivity index (χ0n) is 14.0. The smallest absolute Gasteiger partial charge is 0.244 e. The highest BCUT2D eigenvalue weighted by Crippen LogP contribution is 2.64. The topological polar surface area (TPSA) is 43.1 Å². The number of fused-ring (bicyclic) bond motifs is 5. The second kappa shape index (κ2) is 4.72. The molecule has 0 aromatic rings. The van der Waals surface area contributed by atoms with Crippen molar-refractivity contribution in [1.29, 1.82) is 0 Å². The van der Waals surface area contributed by atoms with Gasteiger partial charge in [-0.05, 0) is 79.1 Å². The molecule has 0 aromatic heterocycles. The fourth-order valence-corrected chi connectivity index (χ4v) is 6.51. The first-order chi connectivity index (χ1) is 10.4. The van der Waals surface area contributed by atoms with Gasteiger partial charge in [0.15, 0.2) is 0 Å². The minimum atomic E-state index is -0.225. The van der Waals surface area contributed by atoms with Gasteiger partial charge in [0.05, 0.1) is 0 Å². The van der Waals surface area contributed by atoms with Crippen LogP contribution in [0.3, 0.4) is 0 Å². The second-order valence-electron chi connectivity index (χ2n) is 8.81. The summed E-state index contributed by atoms with van der Waals surface area (Å²) in [5.41, 5.74) is 8.67. The fraction of sp³-hybridized carbons (Fsp3) is 0.750. The summed E-state index contributed by atoms with van der Waals surface area (Å²) in [7, 11) is 0. The first-order valence-electron chi connectivity index (χ1n) is 9.15. The Hall–Kier alpha value is -1.05. The van der Waals surface area contributed by atoms with E-state index in [1.54, 1.807) is 0 Å². The maximum atomic E-state index is 11.5. The highest BCUT2D eigenvalue weighted by molar-refractivity contribution is 5.92. The Labute approximate surface area is 134 Å². The van der Waals surface area contributed by atoms with Gasteiger partial charge in [-0.15, -0.1) is 0 Å². The number of rotatable bonds is 1. The van der Waals surface area contributed by atoms with Crippen molar-refractivity contribution in [2.75, 3.05) is 0 Å². The summed E-state index contributed by atoms with van der Waals surface area (Å²) in [4.78, 5) is 11.5. The van der Waals surface area contributed by atoms with Gasteiger partial charge in [-0.25, -0.2) is 0 Å². The molecule has 2 saturated carbocycles. The molecule has 2 N–H and O–H groups in total. The molecule has 0 radical (unpaired) electrons. The maximum Gasteiger partial charge on any atom is 0.244 e. The number of carbonyl (C=O) groups excluding carboxylic acids is 1. The highest BCUT2D eigenvalue weighted by atomic mass is 16.1.